The highest BCUT2D eigenvalue weighted by Gasteiger charge is 2.44. The standard InChI is InChI=1S/C11H16ClN3/c1-8(2)11(3-4-11)7-13-9-5-10(12)15-14-6-9/h5-6,8H,3-4,7H2,1-2H3,(H,13,15). The third-order valence-electron chi connectivity index (χ3n) is 3.39. The van der Waals surface area contributed by atoms with Crippen LogP contribution in [0.2, 0.25) is 5.15 Å². The Balaban J connectivity index is 1.94. The van der Waals surface area contributed by atoms with Crippen molar-refractivity contribution in [3.8, 4) is 0 Å². The summed E-state index contributed by atoms with van der Waals surface area (Å²) in [6.45, 7) is 5.58. The number of hydrogen-bond acceptors (Lipinski definition) is 3. The topological polar surface area (TPSA) is 37.8 Å². The average Bonchev–Trinajstić information content (AvgIpc) is 2.96. The van der Waals surface area contributed by atoms with Gasteiger partial charge in [-0.3, -0.25) is 0 Å². The molecule has 82 valence electrons. The van der Waals surface area contributed by atoms with E-state index in [4.69, 9.17) is 11.6 Å². The van der Waals surface area contributed by atoms with Gasteiger partial charge in [0, 0.05) is 12.6 Å². The molecule has 1 N–H and O–H groups in total. The Morgan fingerprint density at radius 2 is 2.27 bits per heavy atom. The largest absolute Gasteiger partial charge is 0.383 e. The number of nitrogens with one attached hydrogen (secondary N) is 1. The molecule has 15 heavy (non-hydrogen) atoms. The fraction of sp³-hybridized carbons (Fsp3) is 0.636. The molecule has 1 aromatic rings. The minimum atomic E-state index is 0.439. The van der Waals surface area contributed by atoms with E-state index in [0.717, 1.165) is 18.2 Å². The van der Waals surface area contributed by atoms with E-state index in [-0.39, 0.29) is 0 Å². The summed E-state index contributed by atoms with van der Waals surface area (Å²) in [6, 6.07) is 1.81. The maximum Gasteiger partial charge on any atom is 0.153 e. The van der Waals surface area contributed by atoms with Gasteiger partial charge in [-0.2, -0.15) is 5.10 Å². The molecule has 1 aromatic heterocycles. The lowest BCUT2D eigenvalue weighted by atomic mass is 9.92. The first-order chi connectivity index (χ1) is 7.12. The van der Waals surface area contributed by atoms with Crippen molar-refractivity contribution in [1.29, 1.82) is 0 Å². The Morgan fingerprint density at radius 3 is 2.80 bits per heavy atom. The molecule has 0 spiro atoms. The molecule has 3 nitrogen and oxygen atoms in total. The number of aromatic nitrogens is 2. The second-order valence-electron chi connectivity index (χ2n) is 4.64. The third-order valence-corrected chi connectivity index (χ3v) is 3.57. The zero-order chi connectivity index (χ0) is 10.9. The summed E-state index contributed by atoms with van der Waals surface area (Å²) >= 11 is 5.76. The Kier molecular flexibility index (Phi) is 2.83. The summed E-state index contributed by atoms with van der Waals surface area (Å²) in [7, 11) is 0. The van der Waals surface area contributed by atoms with Crippen LogP contribution in [-0.2, 0) is 0 Å². The average molecular weight is 226 g/mol. The maximum atomic E-state index is 5.76. The van der Waals surface area contributed by atoms with Crippen molar-refractivity contribution in [2.45, 2.75) is 26.7 Å². The van der Waals surface area contributed by atoms with Gasteiger partial charge in [0.15, 0.2) is 5.15 Å². The van der Waals surface area contributed by atoms with Gasteiger partial charge < -0.3 is 5.32 Å². The van der Waals surface area contributed by atoms with E-state index in [2.05, 4.69) is 29.4 Å². The molecule has 0 radical (unpaired) electrons. The van der Waals surface area contributed by atoms with E-state index in [1.165, 1.54) is 12.8 Å². The van der Waals surface area contributed by atoms with Gasteiger partial charge in [0.25, 0.3) is 0 Å². The molecule has 0 aromatic carbocycles. The molecule has 4 heteroatoms. The summed E-state index contributed by atoms with van der Waals surface area (Å²) in [4.78, 5) is 0. The van der Waals surface area contributed by atoms with Gasteiger partial charge in [-0.25, -0.2) is 0 Å². The molecule has 0 unspecified atom stereocenters. The van der Waals surface area contributed by atoms with Gasteiger partial charge in [0.1, 0.15) is 0 Å². The highest BCUT2D eigenvalue weighted by Crippen LogP contribution is 2.51. The van der Waals surface area contributed by atoms with E-state index < -0.39 is 0 Å². The normalized spacial score (nSPS) is 17.9. The highest BCUT2D eigenvalue weighted by molar-refractivity contribution is 6.29. The van der Waals surface area contributed by atoms with Crippen LogP contribution >= 0.6 is 11.6 Å². The smallest absolute Gasteiger partial charge is 0.153 e. The summed E-state index contributed by atoms with van der Waals surface area (Å²) in [5.41, 5.74) is 1.46. The molecule has 0 aliphatic heterocycles. The van der Waals surface area contributed by atoms with Gasteiger partial charge in [0.2, 0.25) is 0 Å². The van der Waals surface area contributed by atoms with Crippen molar-refractivity contribution >= 4 is 17.3 Å². The fourth-order valence-electron chi connectivity index (χ4n) is 1.83. The fourth-order valence-corrected chi connectivity index (χ4v) is 2.00. The summed E-state index contributed by atoms with van der Waals surface area (Å²) < 4.78 is 0. The molecular weight excluding hydrogens is 210 g/mol. The van der Waals surface area contributed by atoms with Crippen LogP contribution in [0, 0.1) is 11.3 Å². The first kappa shape index (κ1) is 10.7. The molecule has 1 fully saturated rings. The SMILES string of the molecule is CC(C)C1(CNc2cnnc(Cl)c2)CC1. The van der Waals surface area contributed by atoms with Crippen LogP contribution < -0.4 is 5.32 Å². The number of nitrogens with zero attached hydrogens (tertiary/aromatic N) is 2. The van der Waals surface area contributed by atoms with Gasteiger partial charge in [-0.05, 0) is 24.2 Å². The molecule has 1 aliphatic rings. The molecule has 1 saturated carbocycles. The number of rotatable bonds is 4. The minimum absolute atomic E-state index is 0.439. The van der Waals surface area contributed by atoms with E-state index in [1.807, 2.05) is 6.07 Å². The van der Waals surface area contributed by atoms with Gasteiger partial charge in [-0.15, -0.1) is 5.10 Å². The molecule has 2 rings (SSSR count). The maximum absolute atomic E-state index is 5.76. The third kappa shape index (κ3) is 2.40. The molecule has 0 atom stereocenters. The zero-order valence-electron chi connectivity index (χ0n) is 9.13. The van der Waals surface area contributed by atoms with Crippen molar-refractivity contribution in [3.63, 3.8) is 0 Å². The van der Waals surface area contributed by atoms with Crippen LogP contribution in [0.15, 0.2) is 12.3 Å². The van der Waals surface area contributed by atoms with E-state index >= 15 is 0 Å². The van der Waals surface area contributed by atoms with Crippen molar-refractivity contribution < 1.29 is 0 Å². The Bertz CT molecular complexity index is 347. The molecule has 1 aliphatic carbocycles. The zero-order valence-corrected chi connectivity index (χ0v) is 9.88. The first-order valence-corrected chi connectivity index (χ1v) is 5.72. The lowest BCUT2D eigenvalue weighted by Crippen LogP contribution is -2.20. The van der Waals surface area contributed by atoms with Crippen molar-refractivity contribution in [1.82, 2.24) is 10.2 Å². The highest BCUT2D eigenvalue weighted by atomic mass is 35.5. The van der Waals surface area contributed by atoms with Crippen LogP contribution in [0.4, 0.5) is 5.69 Å². The van der Waals surface area contributed by atoms with E-state index in [9.17, 15) is 0 Å². The molecule has 0 bridgehead atoms. The van der Waals surface area contributed by atoms with Crippen molar-refractivity contribution in [2.75, 3.05) is 11.9 Å². The number of hydrogen-bond donors (Lipinski definition) is 1. The quantitative estimate of drug-likeness (QED) is 0.856. The van der Waals surface area contributed by atoms with Crippen molar-refractivity contribution in [3.05, 3.63) is 17.4 Å². The molecule has 1 heterocycles. The van der Waals surface area contributed by atoms with Crippen molar-refractivity contribution in [2.24, 2.45) is 11.3 Å². The molecular formula is C11H16ClN3. The Labute approximate surface area is 95.2 Å². The monoisotopic (exact) mass is 225 g/mol. The Morgan fingerprint density at radius 1 is 1.53 bits per heavy atom. The Hall–Kier alpha value is -0.830. The summed E-state index contributed by atoms with van der Waals surface area (Å²) in [5.74, 6) is 0.732. The molecule has 0 saturated heterocycles. The predicted molar refractivity (Wildman–Crippen MR) is 62.0 cm³/mol. The molecule has 0 amide bonds. The second kappa shape index (κ2) is 3.97. The minimum Gasteiger partial charge on any atom is -0.383 e. The predicted octanol–water partition coefficient (Wildman–Crippen LogP) is 2.98. The van der Waals surface area contributed by atoms with Crippen LogP contribution in [0.1, 0.15) is 26.7 Å². The number of anilines is 1. The van der Waals surface area contributed by atoms with Gasteiger partial charge in [-0.1, -0.05) is 25.4 Å². The van der Waals surface area contributed by atoms with Crippen LogP contribution in [0.25, 0.3) is 0 Å². The van der Waals surface area contributed by atoms with Crippen LogP contribution in [0.3, 0.4) is 0 Å². The van der Waals surface area contributed by atoms with E-state index in [0.29, 0.717) is 10.6 Å². The summed E-state index contributed by atoms with van der Waals surface area (Å²) in [5, 5.41) is 11.3. The van der Waals surface area contributed by atoms with E-state index in [1.54, 1.807) is 6.20 Å². The number of halogens is 1. The lowest BCUT2D eigenvalue weighted by Gasteiger charge is -2.20. The second-order valence-corrected chi connectivity index (χ2v) is 5.02. The van der Waals surface area contributed by atoms with Crippen LogP contribution in [0.5, 0.6) is 0 Å². The van der Waals surface area contributed by atoms with Gasteiger partial charge >= 0.3 is 0 Å². The van der Waals surface area contributed by atoms with Crippen LogP contribution in [-0.4, -0.2) is 16.7 Å². The van der Waals surface area contributed by atoms with Gasteiger partial charge in [0.05, 0.1) is 11.9 Å². The first-order valence-electron chi connectivity index (χ1n) is 5.34. The summed E-state index contributed by atoms with van der Waals surface area (Å²) in [6.07, 6.45) is 4.36. The lowest BCUT2D eigenvalue weighted by molar-refractivity contribution is 0.380.